The van der Waals surface area contributed by atoms with Crippen LogP contribution in [0, 0.1) is 23.0 Å². The van der Waals surface area contributed by atoms with Crippen LogP contribution >= 0.6 is 11.8 Å². The highest BCUT2D eigenvalue weighted by atomic mass is 32.2. The molecule has 1 aromatic rings. The minimum absolute atomic E-state index is 0.0214. The minimum atomic E-state index is -0.883. The predicted molar refractivity (Wildman–Crippen MR) is 63.2 cm³/mol. The van der Waals surface area contributed by atoms with Crippen LogP contribution in [-0.4, -0.2) is 10.9 Å². The largest absolute Gasteiger partial charge is 0.288 e. The number of hydrogen-bond acceptors (Lipinski definition) is 3. The molecule has 0 spiro atoms. The topological polar surface area (TPSA) is 40.9 Å². The molecule has 0 heterocycles. The number of benzene rings is 1. The zero-order chi connectivity index (χ0) is 12.8. The van der Waals surface area contributed by atoms with Crippen LogP contribution in [0.25, 0.3) is 6.08 Å². The van der Waals surface area contributed by atoms with Crippen molar-refractivity contribution in [2.24, 2.45) is 0 Å². The van der Waals surface area contributed by atoms with Crippen LogP contribution in [0.5, 0.6) is 0 Å². The van der Waals surface area contributed by atoms with Crippen LogP contribution in [0.3, 0.4) is 0 Å². The Morgan fingerprint density at radius 3 is 2.53 bits per heavy atom. The number of rotatable bonds is 3. The average Bonchev–Trinajstić information content (AvgIpc) is 2.24. The molecule has 0 atom stereocenters. The highest BCUT2D eigenvalue weighted by molar-refractivity contribution is 8.13. The predicted octanol–water partition coefficient (Wildman–Crippen LogP) is 3.13. The summed E-state index contributed by atoms with van der Waals surface area (Å²) >= 11 is 1.10. The van der Waals surface area contributed by atoms with Gasteiger partial charge in [0.05, 0.1) is 0 Å². The summed E-state index contributed by atoms with van der Waals surface area (Å²) in [6, 6.07) is 3.61. The van der Waals surface area contributed by atoms with Crippen molar-refractivity contribution in [3.8, 4) is 6.07 Å². The van der Waals surface area contributed by atoms with E-state index in [9.17, 15) is 13.6 Å². The summed E-state index contributed by atoms with van der Waals surface area (Å²) in [6.45, 7) is 1.44. The van der Waals surface area contributed by atoms with Crippen molar-refractivity contribution in [2.45, 2.75) is 6.92 Å². The Hall–Kier alpha value is -1.67. The van der Waals surface area contributed by atoms with Crippen molar-refractivity contribution in [2.75, 3.05) is 5.75 Å². The molecule has 1 rings (SSSR count). The van der Waals surface area contributed by atoms with Gasteiger partial charge in [0.25, 0.3) is 0 Å². The molecule has 0 bridgehead atoms. The first-order chi connectivity index (χ1) is 8.04. The molecule has 17 heavy (non-hydrogen) atoms. The lowest BCUT2D eigenvalue weighted by Crippen LogP contribution is -1.91. The standard InChI is InChI=1S/C12H9F2NOS/c1-8(16)17-4-2-3-9-5-11(13)10(7-15)12(14)6-9/h2-3,5-6H,4H2,1H3. The highest BCUT2D eigenvalue weighted by Gasteiger charge is 2.08. The minimum Gasteiger partial charge on any atom is -0.288 e. The Kier molecular flexibility index (Phi) is 4.85. The molecule has 0 aliphatic carbocycles. The second kappa shape index (κ2) is 6.16. The Morgan fingerprint density at radius 2 is 2.06 bits per heavy atom. The SMILES string of the molecule is CC(=O)SCC=Cc1cc(F)c(C#N)c(F)c1. The maximum atomic E-state index is 13.2. The number of nitrogens with zero attached hydrogens (tertiary/aromatic N) is 1. The fraction of sp³-hybridized carbons (Fsp3) is 0.167. The molecule has 0 saturated carbocycles. The third kappa shape index (κ3) is 4.00. The van der Waals surface area contributed by atoms with Gasteiger partial charge in [0.15, 0.2) is 5.12 Å². The number of carbonyl (C=O) groups is 1. The average molecular weight is 253 g/mol. The van der Waals surface area contributed by atoms with E-state index in [1.54, 1.807) is 6.08 Å². The number of halogens is 2. The van der Waals surface area contributed by atoms with E-state index in [2.05, 4.69) is 0 Å². The first kappa shape index (κ1) is 13.4. The molecule has 2 nitrogen and oxygen atoms in total. The van der Waals surface area contributed by atoms with E-state index in [1.807, 2.05) is 0 Å². The summed E-state index contributed by atoms with van der Waals surface area (Å²) in [7, 11) is 0. The normalized spacial score (nSPS) is 10.5. The van der Waals surface area contributed by atoms with Gasteiger partial charge in [-0.1, -0.05) is 23.9 Å². The molecule has 0 aliphatic rings. The van der Waals surface area contributed by atoms with Crippen LogP contribution in [0.2, 0.25) is 0 Å². The molecular weight excluding hydrogens is 244 g/mol. The Labute approximate surface area is 102 Å². The maximum absolute atomic E-state index is 13.2. The van der Waals surface area contributed by atoms with Crippen molar-refractivity contribution in [1.29, 1.82) is 5.26 Å². The van der Waals surface area contributed by atoms with E-state index in [4.69, 9.17) is 5.26 Å². The van der Waals surface area contributed by atoms with Crippen molar-refractivity contribution >= 4 is 23.0 Å². The Morgan fingerprint density at radius 1 is 1.47 bits per heavy atom. The van der Waals surface area contributed by atoms with Gasteiger partial charge < -0.3 is 0 Å². The van der Waals surface area contributed by atoms with Crippen LogP contribution in [0.4, 0.5) is 8.78 Å². The molecule has 1 aromatic carbocycles. The summed E-state index contributed by atoms with van der Waals surface area (Å²) in [5, 5.41) is 8.46. The van der Waals surface area contributed by atoms with Crippen LogP contribution in [0.1, 0.15) is 18.1 Å². The molecule has 0 fully saturated rings. The molecule has 0 unspecified atom stereocenters. The molecule has 0 aliphatic heterocycles. The fourth-order valence-corrected chi connectivity index (χ4v) is 1.57. The second-order valence-electron chi connectivity index (χ2n) is 3.18. The van der Waals surface area contributed by atoms with Crippen LogP contribution < -0.4 is 0 Å². The summed E-state index contributed by atoms with van der Waals surface area (Å²) < 4.78 is 26.4. The zero-order valence-electron chi connectivity index (χ0n) is 9.04. The van der Waals surface area contributed by atoms with E-state index in [1.165, 1.54) is 19.1 Å². The molecule has 0 N–H and O–H groups in total. The van der Waals surface area contributed by atoms with E-state index >= 15 is 0 Å². The lowest BCUT2D eigenvalue weighted by Gasteiger charge is -1.98. The molecule has 0 radical (unpaired) electrons. The van der Waals surface area contributed by atoms with Gasteiger partial charge in [0, 0.05) is 12.7 Å². The van der Waals surface area contributed by atoms with Crippen molar-refractivity contribution in [1.82, 2.24) is 0 Å². The maximum Gasteiger partial charge on any atom is 0.186 e. The van der Waals surface area contributed by atoms with E-state index in [0.717, 1.165) is 23.9 Å². The van der Waals surface area contributed by atoms with Gasteiger partial charge in [0.1, 0.15) is 23.3 Å². The number of thioether (sulfide) groups is 1. The van der Waals surface area contributed by atoms with Crippen molar-refractivity contribution < 1.29 is 13.6 Å². The van der Waals surface area contributed by atoms with Crippen molar-refractivity contribution in [3.63, 3.8) is 0 Å². The van der Waals surface area contributed by atoms with Gasteiger partial charge in [-0.2, -0.15) is 5.26 Å². The molecule has 88 valence electrons. The molecule has 0 saturated heterocycles. The molecule has 0 amide bonds. The highest BCUT2D eigenvalue weighted by Crippen LogP contribution is 2.15. The van der Waals surface area contributed by atoms with Crippen LogP contribution in [-0.2, 0) is 4.79 Å². The van der Waals surface area contributed by atoms with E-state index in [-0.39, 0.29) is 5.12 Å². The first-order valence-electron chi connectivity index (χ1n) is 4.73. The van der Waals surface area contributed by atoms with Gasteiger partial charge in [-0.05, 0) is 17.7 Å². The van der Waals surface area contributed by atoms with Gasteiger partial charge in [0.2, 0.25) is 0 Å². The van der Waals surface area contributed by atoms with Gasteiger partial charge in [-0.15, -0.1) is 0 Å². The quantitative estimate of drug-likeness (QED) is 0.831. The molecular formula is C12H9F2NOS. The summed E-state index contributed by atoms with van der Waals surface area (Å²) in [5.41, 5.74) is -0.261. The first-order valence-corrected chi connectivity index (χ1v) is 5.72. The fourth-order valence-electron chi connectivity index (χ4n) is 1.15. The molecule has 0 aromatic heterocycles. The lowest BCUT2D eigenvalue weighted by atomic mass is 10.1. The smallest absolute Gasteiger partial charge is 0.186 e. The number of hydrogen-bond donors (Lipinski definition) is 0. The van der Waals surface area contributed by atoms with E-state index < -0.39 is 17.2 Å². The van der Waals surface area contributed by atoms with E-state index in [0.29, 0.717) is 11.3 Å². The number of nitriles is 1. The monoisotopic (exact) mass is 253 g/mol. The van der Waals surface area contributed by atoms with Gasteiger partial charge in [-0.25, -0.2) is 8.78 Å². The summed E-state index contributed by atoms with van der Waals surface area (Å²) in [5.74, 6) is -1.32. The summed E-state index contributed by atoms with van der Waals surface area (Å²) in [4.78, 5) is 10.6. The lowest BCUT2D eigenvalue weighted by molar-refractivity contribution is -0.109. The number of carbonyl (C=O) groups excluding carboxylic acids is 1. The Bertz CT molecular complexity index is 483. The summed E-state index contributed by atoms with van der Waals surface area (Å²) in [6.07, 6.45) is 3.13. The van der Waals surface area contributed by atoms with Crippen molar-refractivity contribution in [3.05, 3.63) is 41.0 Å². The van der Waals surface area contributed by atoms with Gasteiger partial charge >= 0.3 is 0 Å². The third-order valence-electron chi connectivity index (χ3n) is 1.87. The zero-order valence-corrected chi connectivity index (χ0v) is 9.85. The van der Waals surface area contributed by atoms with Crippen LogP contribution in [0.15, 0.2) is 18.2 Å². The second-order valence-corrected chi connectivity index (χ2v) is 4.37. The van der Waals surface area contributed by atoms with Gasteiger partial charge in [-0.3, -0.25) is 4.79 Å². The molecule has 5 heteroatoms. The third-order valence-corrected chi connectivity index (χ3v) is 2.64. The Balaban J connectivity index is 2.80.